The van der Waals surface area contributed by atoms with Crippen LogP contribution in [0.15, 0.2) is 24.3 Å². The molecule has 8 heteroatoms. The molecule has 0 radical (unpaired) electrons. The second kappa shape index (κ2) is 8.94. The van der Waals surface area contributed by atoms with Crippen LogP contribution in [0, 0.1) is 13.8 Å². The number of urea groups is 1. The van der Waals surface area contributed by atoms with Crippen LogP contribution in [0.25, 0.3) is 0 Å². The van der Waals surface area contributed by atoms with Crippen molar-refractivity contribution < 1.29 is 14.3 Å². The third kappa shape index (κ3) is 4.84. The van der Waals surface area contributed by atoms with E-state index < -0.39 is 0 Å². The van der Waals surface area contributed by atoms with Crippen LogP contribution in [-0.4, -0.2) is 43.1 Å². The van der Waals surface area contributed by atoms with Gasteiger partial charge in [0.15, 0.2) is 0 Å². The topological polar surface area (TPSA) is 70.7 Å². The highest BCUT2D eigenvalue weighted by Gasteiger charge is 2.21. The Hall–Kier alpha value is -2.09. The Morgan fingerprint density at radius 1 is 1.21 bits per heavy atom. The zero-order chi connectivity index (χ0) is 20.3. The van der Waals surface area contributed by atoms with Gasteiger partial charge in [-0.1, -0.05) is 11.6 Å². The summed E-state index contributed by atoms with van der Waals surface area (Å²) >= 11 is 8.02. The first-order chi connectivity index (χ1) is 13.3. The summed E-state index contributed by atoms with van der Waals surface area (Å²) in [4.78, 5) is 29.0. The Kier molecular flexibility index (Phi) is 6.59. The van der Waals surface area contributed by atoms with Crippen LogP contribution < -0.4 is 10.6 Å². The molecule has 0 aliphatic carbocycles. The second-order valence-corrected chi connectivity index (χ2v) is 8.66. The van der Waals surface area contributed by atoms with Crippen LogP contribution in [-0.2, 0) is 4.74 Å². The van der Waals surface area contributed by atoms with Crippen LogP contribution in [0.3, 0.4) is 0 Å². The van der Waals surface area contributed by atoms with Gasteiger partial charge < -0.3 is 20.3 Å². The van der Waals surface area contributed by atoms with Crippen molar-refractivity contribution in [3.63, 3.8) is 0 Å². The van der Waals surface area contributed by atoms with Crippen molar-refractivity contribution in [3.8, 4) is 0 Å². The quantitative estimate of drug-likeness (QED) is 0.769. The van der Waals surface area contributed by atoms with Crippen molar-refractivity contribution in [2.24, 2.45) is 0 Å². The van der Waals surface area contributed by atoms with E-state index in [4.69, 9.17) is 16.3 Å². The van der Waals surface area contributed by atoms with Gasteiger partial charge in [0.2, 0.25) is 0 Å². The fraction of sp³-hybridized carbons (Fsp3) is 0.400. The largest absolute Gasteiger partial charge is 0.378 e. The maximum Gasteiger partial charge on any atom is 0.319 e. The summed E-state index contributed by atoms with van der Waals surface area (Å²) in [5.41, 5.74) is 2.07. The lowest BCUT2D eigenvalue weighted by molar-refractivity contribution is 0.0303. The average Bonchev–Trinajstić information content (AvgIpc) is 3.00. The van der Waals surface area contributed by atoms with E-state index in [1.54, 1.807) is 34.4 Å². The number of hydrogen-bond acceptors (Lipinski definition) is 4. The molecule has 1 aromatic heterocycles. The molecule has 1 saturated heterocycles. The molecule has 28 heavy (non-hydrogen) atoms. The van der Waals surface area contributed by atoms with Gasteiger partial charge >= 0.3 is 6.03 Å². The number of ether oxygens (including phenoxy) is 1. The molecule has 6 nitrogen and oxygen atoms in total. The summed E-state index contributed by atoms with van der Waals surface area (Å²) in [6.07, 6.45) is 0. The monoisotopic (exact) mass is 421 g/mol. The fourth-order valence-corrected chi connectivity index (χ4v) is 4.51. The van der Waals surface area contributed by atoms with Gasteiger partial charge in [-0.2, -0.15) is 0 Å². The van der Waals surface area contributed by atoms with Gasteiger partial charge in [-0.15, -0.1) is 11.3 Å². The number of carbonyl (C=O) groups is 2. The molecule has 1 aromatic carbocycles. The number of aryl methyl sites for hydroxylation is 2. The van der Waals surface area contributed by atoms with Crippen molar-refractivity contribution in [3.05, 3.63) is 50.2 Å². The third-order valence-electron chi connectivity index (χ3n) is 4.65. The molecule has 0 saturated carbocycles. The van der Waals surface area contributed by atoms with Crippen LogP contribution in [0.4, 0.5) is 10.5 Å². The predicted molar refractivity (Wildman–Crippen MR) is 113 cm³/mol. The molecule has 2 aromatic rings. The zero-order valence-electron chi connectivity index (χ0n) is 16.2. The number of nitrogens with zero attached hydrogens (tertiary/aromatic N) is 1. The number of benzene rings is 1. The van der Waals surface area contributed by atoms with Gasteiger partial charge in [-0.3, -0.25) is 4.79 Å². The molecule has 150 valence electrons. The molecule has 1 aliphatic heterocycles. The molecule has 1 fully saturated rings. The SMILES string of the molecule is Cc1cc([C@@H](C)NC(=O)Nc2ccc(C(=O)N3CCOCC3)c(Cl)c2)c(C)s1. The van der Waals surface area contributed by atoms with Crippen LogP contribution in [0.1, 0.15) is 38.6 Å². The van der Waals surface area contributed by atoms with Crippen molar-refractivity contribution in [2.75, 3.05) is 31.6 Å². The van der Waals surface area contributed by atoms with Crippen molar-refractivity contribution >= 4 is 40.6 Å². The van der Waals surface area contributed by atoms with Crippen molar-refractivity contribution in [1.82, 2.24) is 10.2 Å². The van der Waals surface area contributed by atoms with Gasteiger partial charge in [0.25, 0.3) is 5.91 Å². The molecular formula is C20H24ClN3O3S. The molecule has 0 unspecified atom stereocenters. The fourth-order valence-electron chi connectivity index (χ4n) is 3.23. The maximum atomic E-state index is 12.6. The smallest absolute Gasteiger partial charge is 0.319 e. The summed E-state index contributed by atoms with van der Waals surface area (Å²) in [5, 5.41) is 6.02. The number of morpholine rings is 1. The Morgan fingerprint density at radius 2 is 1.93 bits per heavy atom. The molecule has 0 bridgehead atoms. The van der Waals surface area contributed by atoms with E-state index >= 15 is 0 Å². The molecule has 3 amide bonds. The number of amides is 3. The van der Waals surface area contributed by atoms with E-state index in [1.807, 2.05) is 13.8 Å². The highest BCUT2D eigenvalue weighted by atomic mass is 35.5. The zero-order valence-corrected chi connectivity index (χ0v) is 17.7. The van der Waals surface area contributed by atoms with E-state index in [0.717, 1.165) is 5.56 Å². The summed E-state index contributed by atoms with van der Waals surface area (Å²) in [6, 6.07) is 6.59. The molecule has 2 heterocycles. The van der Waals surface area contributed by atoms with Gasteiger partial charge in [0, 0.05) is 28.5 Å². The number of halogens is 1. The van der Waals surface area contributed by atoms with Gasteiger partial charge in [0.05, 0.1) is 29.8 Å². The summed E-state index contributed by atoms with van der Waals surface area (Å²) in [6.45, 7) is 8.22. The number of anilines is 1. The van der Waals surface area contributed by atoms with E-state index in [1.165, 1.54) is 9.75 Å². The minimum atomic E-state index is -0.320. The van der Waals surface area contributed by atoms with E-state index in [9.17, 15) is 9.59 Å². The summed E-state index contributed by atoms with van der Waals surface area (Å²) < 4.78 is 5.27. The maximum absolute atomic E-state index is 12.6. The van der Waals surface area contributed by atoms with Gasteiger partial charge in [-0.25, -0.2) is 4.79 Å². The third-order valence-corrected chi connectivity index (χ3v) is 5.94. The molecular weight excluding hydrogens is 398 g/mol. The van der Waals surface area contributed by atoms with Gasteiger partial charge in [-0.05, 0) is 50.6 Å². The van der Waals surface area contributed by atoms with E-state index in [-0.39, 0.29) is 18.0 Å². The van der Waals surface area contributed by atoms with Gasteiger partial charge in [0.1, 0.15) is 0 Å². The average molecular weight is 422 g/mol. The Labute approximate surface area is 173 Å². The Balaban J connectivity index is 1.62. The lowest BCUT2D eigenvalue weighted by atomic mass is 10.1. The molecule has 2 N–H and O–H groups in total. The number of hydrogen-bond donors (Lipinski definition) is 2. The Bertz CT molecular complexity index is 878. The number of thiophene rings is 1. The molecule has 3 rings (SSSR count). The minimum Gasteiger partial charge on any atom is -0.378 e. The number of rotatable bonds is 4. The van der Waals surface area contributed by atoms with Crippen LogP contribution >= 0.6 is 22.9 Å². The molecule has 1 atom stereocenters. The normalized spacial score (nSPS) is 15.2. The lowest BCUT2D eigenvalue weighted by Crippen LogP contribution is -2.40. The number of nitrogens with one attached hydrogen (secondary N) is 2. The minimum absolute atomic E-state index is 0.109. The van der Waals surface area contributed by atoms with E-state index in [2.05, 4.69) is 23.6 Å². The lowest BCUT2D eigenvalue weighted by Gasteiger charge is -2.27. The van der Waals surface area contributed by atoms with Crippen molar-refractivity contribution in [1.29, 1.82) is 0 Å². The summed E-state index contributed by atoms with van der Waals surface area (Å²) in [7, 11) is 0. The van der Waals surface area contributed by atoms with Crippen molar-refractivity contribution in [2.45, 2.75) is 26.8 Å². The molecule has 0 spiro atoms. The van der Waals surface area contributed by atoms with Crippen LogP contribution in [0.5, 0.6) is 0 Å². The first-order valence-corrected chi connectivity index (χ1v) is 10.4. The predicted octanol–water partition coefficient (Wildman–Crippen LogP) is 4.37. The highest BCUT2D eigenvalue weighted by molar-refractivity contribution is 7.12. The number of carbonyl (C=O) groups excluding carboxylic acids is 2. The molecule has 1 aliphatic rings. The standard InChI is InChI=1S/C20H24ClN3O3S/c1-12-10-17(14(3)28-12)13(2)22-20(26)23-15-4-5-16(18(21)11-15)19(25)24-6-8-27-9-7-24/h4-5,10-11,13H,6-9H2,1-3H3,(H2,22,23,26)/t13-/m1/s1. The summed E-state index contributed by atoms with van der Waals surface area (Å²) in [5.74, 6) is -0.124. The van der Waals surface area contributed by atoms with Crippen LogP contribution in [0.2, 0.25) is 5.02 Å². The Morgan fingerprint density at radius 3 is 2.54 bits per heavy atom. The second-order valence-electron chi connectivity index (χ2n) is 6.79. The highest BCUT2D eigenvalue weighted by Crippen LogP contribution is 2.26. The first kappa shape index (κ1) is 20.6. The first-order valence-electron chi connectivity index (χ1n) is 9.16. The van der Waals surface area contributed by atoms with E-state index in [0.29, 0.717) is 42.6 Å².